The van der Waals surface area contributed by atoms with Gasteiger partial charge in [0.05, 0.1) is 12.6 Å². The molecule has 0 aliphatic carbocycles. The number of carbonyl (C=O) groups excluding carboxylic acids is 1. The van der Waals surface area contributed by atoms with E-state index in [-0.39, 0.29) is 48.4 Å². The Bertz CT molecular complexity index is 833. The molecule has 8 nitrogen and oxygen atoms in total. The molecule has 2 rings (SSSR count). The first-order valence-electron chi connectivity index (χ1n) is 8.11. The lowest BCUT2D eigenvalue weighted by molar-refractivity contribution is -0.122. The van der Waals surface area contributed by atoms with Crippen LogP contribution in [0.5, 0.6) is 0 Å². The van der Waals surface area contributed by atoms with Crippen molar-refractivity contribution in [3.8, 4) is 0 Å². The maximum atomic E-state index is 12.4. The Morgan fingerprint density at radius 3 is 2.75 bits per heavy atom. The minimum atomic E-state index is -0.364. The summed E-state index contributed by atoms with van der Waals surface area (Å²) >= 11 is 0. The number of aromatic amines is 2. The van der Waals surface area contributed by atoms with Crippen LogP contribution in [0.25, 0.3) is 5.65 Å². The van der Waals surface area contributed by atoms with E-state index >= 15 is 0 Å². The van der Waals surface area contributed by atoms with Gasteiger partial charge in [-0.2, -0.15) is 0 Å². The van der Waals surface area contributed by atoms with Crippen LogP contribution in [0.15, 0.2) is 15.7 Å². The van der Waals surface area contributed by atoms with Gasteiger partial charge in [-0.3, -0.25) is 19.5 Å². The van der Waals surface area contributed by atoms with Gasteiger partial charge in [0.2, 0.25) is 5.91 Å². The smallest absolute Gasteiger partial charge is 0.276 e. The first-order valence-corrected chi connectivity index (χ1v) is 8.11. The van der Waals surface area contributed by atoms with E-state index in [1.807, 2.05) is 13.8 Å². The summed E-state index contributed by atoms with van der Waals surface area (Å²) in [6, 6.07) is 1.02. The predicted molar refractivity (Wildman–Crippen MR) is 90.2 cm³/mol. The molecule has 0 bridgehead atoms. The number of nitrogens with zero attached hydrogens (tertiary/aromatic N) is 1. The Kier molecular flexibility index (Phi) is 5.61. The predicted octanol–water partition coefficient (Wildman–Crippen LogP) is 0.0801. The van der Waals surface area contributed by atoms with Gasteiger partial charge in [-0.1, -0.05) is 20.3 Å². The highest BCUT2D eigenvalue weighted by Crippen LogP contribution is 2.08. The fourth-order valence-corrected chi connectivity index (χ4v) is 2.67. The van der Waals surface area contributed by atoms with Crippen molar-refractivity contribution in [1.29, 1.82) is 0 Å². The quantitative estimate of drug-likeness (QED) is 0.572. The van der Waals surface area contributed by atoms with Crippen LogP contribution in [0, 0.1) is 12.8 Å². The molecular weight excluding hydrogens is 312 g/mol. The number of nitrogens with one attached hydrogen (secondary N) is 3. The third-order valence-electron chi connectivity index (χ3n) is 4.44. The molecule has 0 aliphatic heterocycles. The van der Waals surface area contributed by atoms with E-state index in [1.54, 1.807) is 6.92 Å². The molecule has 0 spiro atoms. The van der Waals surface area contributed by atoms with E-state index in [2.05, 4.69) is 15.4 Å². The van der Waals surface area contributed by atoms with Crippen molar-refractivity contribution in [3.05, 3.63) is 38.0 Å². The Hall–Kier alpha value is -2.35. The Labute approximate surface area is 138 Å². The highest BCUT2D eigenvalue weighted by atomic mass is 16.3. The second kappa shape index (κ2) is 7.48. The normalized spacial score (nSPS) is 13.8. The minimum Gasteiger partial charge on any atom is -0.394 e. The number of aromatic nitrogens is 3. The zero-order valence-corrected chi connectivity index (χ0v) is 14.2. The fourth-order valence-electron chi connectivity index (χ4n) is 2.67. The van der Waals surface area contributed by atoms with E-state index in [1.165, 1.54) is 6.07 Å². The van der Waals surface area contributed by atoms with E-state index in [0.29, 0.717) is 16.9 Å². The zero-order chi connectivity index (χ0) is 17.9. The number of H-pyrrole nitrogens is 2. The van der Waals surface area contributed by atoms with Crippen molar-refractivity contribution in [2.24, 2.45) is 5.92 Å². The first-order chi connectivity index (χ1) is 11.4. The number of carbonyl (C=O) groups is 1. The van der Waals surface area contributed by atoms with E-state index < -0.39 is 0 Å². The fraction of sp³-hybridized carbons (Fsp3) is 0.562. The molecule has 0 aliphatic rings. The third-order valence-corrected chi connectivity index (χ3v) is 4.44. The van der Waals surface area contributed by atoms with Gasteiger partial charge in [-0.25, -0.2) is 4.52 Å². The van der Waals surface area contributed by atoms with Crippen molar-refractivity contribution in [2.45, 2.75) is 46.1 Å². The Morgan fingerprint density at radius 2 is 2.12 bits per heavy atom. The molecule has 0 saturated carbocycles. The summed E-state index contributed by atoms with van der Waals surface area (Å²) in [5.41, 5.74) is 0.780. The van der Waals surface area contributed by atoms with Crippen LogP contribution in [-0.4, -0.2) is 38.3 Å². The molecule has 4 N–H and O–H groups in total. The van der Waals surface area contributed by atoms with Gasteiger partial charge in [0.25, 0.3) is 11.1 Å². The SMILES string of the molecule is CC[C@@H](C)[C@H](CO)NC(=O)CCc1c(C)[nH]c2cc(=O)[nH]n2c1=O. The molecule has 8 heteroatoms. The lowest BCUT2D eigenvalue weighted by atomic mass is 9.99. The van der Waals surface area contributed by atoms with Crippen LogP contribution in [0.2, 0.25) is 0 Å². The molecule has 24 heavy (non-hydrogen) atoms. The van der Waals surface area contributed by atoms with Gasteiger partial charge in [0, 0.05) is 23.7 Å². The van der Waals surface area contributed by atoms with Gasteiger partial charge in [0.1, 0.15) is 5.65 Å². The lowest BCUT2D eigenvalue weighted by Gasteiger charge is -2.22. The van der Waals surface area contributed by atoms with Crippen molar-refractivity contribution < 1.29 is 9.90 Å². The summed E-state index contributed by atoms with van der Waals surface area (Å²) in [6.07, 6.45) is 1.23. The van der Waals surface area contributed by atoms with Crippen molar-refractivity contribution in [2.75, 3.05) is 6.61 Å². The first kappa shape index (κ1) is 18.0. The second-order valence-electron chi connectivity index (χ2n) is 6.12. The average Bonchev–Trinajstić information content (AvgIpc) is 2.92. The number of hydrogen-bond acceptors (Lipinski definition) is 4. The molecule has 0 unspecified atom stereocenters. The third kappa shape index (κ3) is 3.76. The second-order valence-corrected chi connectivity index (χ2v) is 6.12. The number of amides is 1. The van der Waals surface area contributed by atoms with Gasteiger partial charge < -0.3 is 15.4 Å². The molecule has 132 valence electrons. The van der Waals surface area contributed by atoms with Gasteiger partial charge >= 0.3 is 0 Å². The summed E-state index contributed by atoms with van der Waals surface area (Å²) in [7, 11) is 0. The molecule has 2 atom stereocenters. The molecule has 1 amide bonds. The van der Waals surface area contributed by atoms with Crippen LogP contribution in [-0.2, 0) is 11.2 Å². The average molecular weight is 336 g/mol. The van der Waals surface area contributed by atoms with Crippen LogP contribution < -0.4 is 16.4 Å². The number of rotatable bonds is 7. The van der Waals surface area contributed by atoms with Crippen LogP contribution >= 0.6 is 0 Å². The Morgan fingerprint density at radius 1 is 1.42 bits per heavy atom. The monoisotopic (exact) mass is 336 g/mol. The summed E-state index contributed by atoms with van der Waals surface area (Å²) in [5, 5.41) is 14.6. The van der Waals surface area contributed by atoms with Crippen LogP contribution in [0.3, 0.4) is 0 Å². The summed E-state index contributed by atoms with van der Waals surface area (Å²) in [4.78, 5) is 38.8. The summed E-state index contributed by atoms with van der Waals surface area (Å²) in [6.45, 7) is 5.58. The number of fused-ring (bicyclic) bond motifs is 1. The summed E-state index contributed by atoms with van der Waals surface area (Å²) < 4.78 is 1.15. The molecule has 0 fully saturated rings. The molecule has 0 saturated heterocycles. The maximum Gasteiger partial charge on any atom is 0.276 e. The van der Waals surface area contributed by atoms with Gasteiger partial charge in [-0.15, -0.1) is 0 Å². The number of aliphatic hydroxyl groups is 1. The molecule has 2 aromatic rings. The lowest BCUT2D eigenvalue weighted by Crippen LogP contribution is -2.42. The van der Waals surface area contributed by atoms with Crippen LogP contribution in [0.4, 0.5) is 0 Å². The molecular formula is C16H24N4O4. The van der Waals surface area contributed by atoms with Crippen LogP contribution in [0.1, 0.15) is 37.9 Å². The standard InChI is InChI=1S/C16H24N4O4/c1-4-9(2)12(8-21)18-14(22)6-5-11-10(3)17-13-7-15(23)19-20(13)16(11)24/h7,9,12,17,21H,4-6,8H2,1-3H3,(H,18,22)(H,19,23)/t9-,12+/m1/s1. The van der Waals surface area contributed by atoms with E-state index in [4.69, 9.17) is 0 Å². The number of hydrogen-bond donors (Lipinski definition) is 4. The van der Waals surface area contributed by atoms with E-state index in [9.17, 15) is 19.5 Å². The van der Waals surface area contributed by atoms with Gasteiger partial charge in [-0.05, 0) is 19.3 Å². The molecule has 2 aromatic heterocycles. The topological polar surface area (TPSA) is 119 Å². The molecule has 0 aromatic carbocycles. The van der Waals surface area contributed by atoms with Crippen molar-refractivity contribution >= 4 is 11.6 Å². The Balaban J connectivity index is 2.11. The maximum absolute atomic E-state index is 12.4. The van der Waals surface area contributed by atoms with Gasteiger partial charge in [0.15, 0.2) is 0 Å². The van der Waals surface area contributed by atoms with Crippen molar-refractivity contribution in [1.82, 2.24) is 19.9 Å². The molecule has 2 heterocycles. The number of aliphatic hydroxyl groups excluding tert-OH is 1. The highest BCUT2D eigenvalue weighted by Gasteiger charge is 2.18. The zero-order valence-electron chi connectivity index (χ0n) is 14.2. The van der Waals surface area contributed by atoms with E-state index in [0.717, 1.165) is 10.9 Å². The summed E-state index contributed by atoms with van der Waals surface area (Å²) in [5.74, 6) is -0.0420. The number of aryl methyl sites for hydroxylation is 1. The largest absolute Gasteiger partial charge is 0.394 e. The van der Waals surface area contributed by atoms with Crippen molar-refractivity contribution in [3.63, 3.8) is 0 Å². The molecule has 0 radical (unpaired) electrons. The minimum absolute atomic E-state index is 0.114. The highest BCUT2D eigenvalue weighted by molar-refractivity contribution is 5.76.